The number of sulfonamides is 1. The van der Waals surface area contributed by atoms with E-state index in [1.54, 1.807) is 19.1 Å². The van der Waals surface area contributed by atoms with Gasteiger partial charge in [-0.05, 0) is 48.9 Å². The van der Waals surface area contributed by atoms with E-state index in [0.29, 0.717) is 31.7 Å². The first-order valence-electron chi connectivity index (χ1n) is 8.31. The molecular weight excluding hydrogens is 344 g/mol. The zero-order valence-electron chi connectivity index (χ0n) is 14.6. The van der Waals surface area contributed by atoms with Crippen LogP contribution in [0.3, 0.4) is 0 Å². The van der Waals surface area contributed by atoms with Gasteiger partial charge in [-0.3, -0.25) is 4.79 Å². The molecule has 1 fully saturated rings. The van der Waals surface area contributed by atoms with E-state index in [-0.39, 0.29) is 10.8 Å². The lowest BCUT2D eigenvalue weighted by Crippen LogP contribution is -2.66. The minimum absolute atomic E-state index is 0.0791. The van der Waals surface area contributed by atoms with Crippen LogP contribution < -0.4 is 5.14 Å². The third-order valence-corrected chi connectivity index (χ3v) is 6.15. The molecule has 1 aliphatic carbocycles. The highest BCUT2D eigenvalue weighted by molar-refractivity contribution is 7.89. The van der Waals surface area contributed by atoms with Crippen LogP contribution in [-0.2, 0) is 32.3 Å². The zero-order valence-corrected chi connectivity index (χ0v) is 15.4. The molecule has 0 bridgehead atoms. The molecule has 7 nitrogen and oxygen atoms in total. The summed E-state index contributed by atoms with van der Waals surface area (Å²) in [6.07, 6.45) is 3.10. The van der Waals surface area contributed by atoms with Crippen molar-refractivity contribution in [1.82, 2.24) is 4.90 Å². The Hall–Kier alpha value is -1.48. The van der Waals surface area contributed by atoms with Gasteiger partial charge in [0.2, 0.25) is 10.0 Å². The maximum atomic E-state index is 13.1. The number of nitrogens with zero attached hydrogens (tertiary/aromatic N) is 1. The Morgan fingerprint density at radius 1 is 1.24 bits per heavy atom. The number of amides is 1. The summed E-state index contributed by atoms with van der Waals surface area (Å²) in [5.74, 6) is -0.208. The van der Waals surface area contributed by atoms with E-state index in [1.165, 1.54) is 6.07 Å². The molecule has 1 aliphatic heterocycles. The van der Waals surface area contributed by atoms with Crippen molar-refractivity contribution < 1.29 is 22.7 Å². The molecule has 1 aromatic carbocycles. The highest BCUT2D eigenvalue weighted by atomic mass is 32.2. The number of rotatable bonds is 6. The number of nitrogens with two attached hydrogens (primary N) is 1. The third kappa shape index (κ3) is 3.19. The van der Waals surface area contributed by atoms with Crippen molar-refractivity contribution in [3.63, 3.8) is 0 Å². The standard InChI is InChI=1S/C17H24N2O5S/c1-23-10-17(11-24-2)6-7-19(17)16(20)13-8-12-4-3-5-14(12)15(9-13)25(18,21)22/h8-9H,3-7,10-11H2,1-2H3,(H2,18,21,22). The largest absolute Gasteiger partial charge is 0.382 e. The Morgan fingerprint density at radius 2 is 1.92 bits per heavy atom. The fourth-order valence-corrected chi connectivity index (χ4v) is 4.80. The number of carbonyl (C=O) groups excluding carboxylic acids is 1. The van der Waals surface area contributed by atoms with Crippen molar-refractivity contribution >= 4 is 15.9 Å². The summed E-state index contributed by atoms with van der Waals surface area (Å²) in [4.78, 5) is 14.8. The molecule has 3 rings (SSSR count). The lowest BCUT2D eigenvalue weighted by Gasteiger charge is -2.52. The number of hydrogen-bond acceptors (Lipinski definition) is 5. The number of methoxy groups -OCH3 is 2. The second-order valence-electron chi connectivity index (χ2n) is 6.81. The first-order chi connectivity index (χ1) is 11.8. The fourth-order valence-electron chi connectivity index (χ4n) is 3.93. The highest BCUT2D eigenvalue weighted by Gasteiger charge is 2.48. The maximum Gasteiger partial charge on any atom is 0.254 e. The first kappa shape index (κ1) is 18.3. The molecule has 8 heteroatoms. The van der Waals surface area contributed by atoms with Crippen LogP contribution in [0.1, 0.15) is 34.3 Å². The Labute approximate surface area is 148 Å². The minimum atomic E-state index is -3.87. The number of likely N-dealkylation sites (tertiary alicyclic amines) is 1. The number of carbonyl (C=O) groups is 1. The molecule has 2 aliphatic rings. The van der Waals surface area contributed by atoms with Crippen molar-refractivity contribution in [2.45, 2.75) is 36.1 Å². The van der Waals surface area contributed by atoms with E-state index < -0.39 is 15.6 Å². The lowest BCUT2D eigenvalue weighted by atomic mass is 9.85. The fraction of sp³-hybridized carbons (Fsp3) is 0.588. The predicted octanol–water partition coefficient (Wildman–Crippen LogP) is 0.700. The van der Waals surface area contributed by atoms with Crippen LogP contribution >= 0.6 is 0 Å². The van der Waals surface area contributed by atoms with Gasteiger partial charge in [0.1, 0.15) is 0 Å². The summed E-state index contributed by atoms with van der Waals surface area (Å²) < 4.78 is 34.5. The Bertz CT molecular complexity index is 784. The lowest BCUT2D eigenvalue weighted by molar-refractivity contribution is -0.0815. The summed E-state index contributed by atoms with van der Waals surface area (Å²) in [6.45, 7) is 1.34. The monoisotopic (exact) mass is 368 g/mol. The van der Waals surface area contributed by atoms with Crippen molar-refractivity contribution in [2.75, 3.05) is 34.0 Å². The van der Waals surface area contributed by atoms with Crippen LogP contribution in [0.25, 0.3) is 0 Å². The average Bonchev–Trinajstić information content (AvgIpc) is 2.99. The molecule has 0 atom stereocenters. The van der Waals surface area contributed by atoms with E-state index >= 15 is 0 Å². The molecule has 0 radical (unpaired) electrons. The molecule has 1 saturated heterocycles. The smallest absolute Gasteiger partial charge is 0.254 e. The summed E-state index contributed by atoms with van der Waals surface area (Å²) in [7, 11) is -0.687. The van der Waals surface area contributed by atoms with Crippen LogP contribution in [-0.4, -0.2) is 58.7 Å². The Kier molecular flexibility index (Phi) is 4.89. The second-order valence-corrected chi connectivity index (χ2v) is 8.34. The van der Waals surface area contributed by atoms with Gasteiger partial charge in [0.25, 0.3) is 5.91 Å². The average molecular weight is 368 g/mol. The van der Waals surface area contributed by atoms with Gasteiger partial charge in [-0.15, -0.1) is 0 Å². The van der Waals surface area contributed by atoms with Gasteiger partial charge in [-0.25, -0.2) is 13.6 Å². The van der Waals surface area contributed by atoms with Crippen LogP contribution in [0, 0.1) is 0 Å². The summed E-state index contributed by atoms with van der Waals surface area (Å²) >= 11 is 0. The summed E-state index contributed by atoms with van der Waals surface area (Å²) in [5, 5.41) is 5.38. The van der Waals surface area contributed by atoms with Gasteiger partial charge in [0.15, 0.2) is 0 Å². The van der Waals surface area contributed by atoms with Crippen LogP contribution in [0.5, 0.6) is 0 Å². The summed E-state index contributed by atoms with van der Waals surface area (Å²) in [5.41, 5.74) is 1.52. The number of aryl methyl sites for hydroxylation is 1. The number of benzene rings is 1. The molecule has 2 N–H and O–H groups in total. The SMILES string of the molecule is COCC1(COC)CCN1C(=O)c1cc2c(c(S(N)(=O)=O)c1)CCC2. The van der Waals surface area contributed by atoms with Crippen LogP contribution in [0.15, 0.2) is 17.0 Å². The van der Waals surface area contributed by atoms with E-state index in [2.05, 4.69) is 0 Å². The van der Waals surface area contributed by atoms with E-state index in [4.69, 9.17) is 14.6 Å². The molecule has 0 aromatic heterocycles. The van der Waals surface area contributed by atoms with E-state index in [1.807, 2.05) is 6.07 Å². The minimum Gasteiger partial charge on any atom is -0.382 e. The van der Waals surface area contributed by atoms with E-state index in [9.17, 15) is 13.2 Å². The molecule has 0 spiro atoms. The zero-order chi connectivity index (χ0) is 18.2. The normalized spacial score (nSPS) is 18.8. The molecule has 0 saturated carbocycles. The Morgan fingerprint density at radius 3 is 2.44 bits per heavy atom. The molecule has 25 heavy (non-hydrogen) atoms. The van der Waals surface area contributed by atoms with Crippen molar-refractivity contribution in [2.24, 2.45) is 5.14 Å². The highest BCUT2D eigenvalue weighted by Crippen LogP contribution is 2.35. The molecular formula is C17H24N2O5S. The van der Waals surface area contributed by atoms with Gasteiger partial charge in [0.05, 0.1) is 23.6 Å². The van der Waals surface area contributed by atoms with Gasteiger partial charge in [-0.1, -0.05) is 0 Å². The van der Waals surface area contributed by atoms with Gasteiger partial charge in [-0.2, -0.15) is 0 Å². The van der Waals surface area contributed by atoms with Gasteiger partial charge in [0, 0.05) is 26.3 Å². The topological polar surface area (TPSA) is 98.9 Å². The molecule has 1 heterocycles. The predicted molar refractivity (Wildman–Crippen MR) is 92.0 cm³/mol. The number of primary sulfonamides is 1. The van der Waals surface area contributed by atoms with Gasteiger partial charge >= 0.3 is 0 Å². The van der Waals surface area contributed by atoms with Gasteiger partial charge < -0.3 is 14.4 Å². The molecule has 138 valence electrons. The summed E-state index contributed by atoms with van der Waals surface area (Å²) in [6, 6.07) is 3.23. The third-order valence-electron chi connectivity index (χ3n) is 5.17. The maximum absolute atomic E-state index is 13.1. The Balaban J connectivity index is 1.98. The van der Waals surface area contributed by atoms with Crippen molar-refractivity contribution in [3.05, 3.63) is 28.8 Å². The van der Waals surface area contributed by atoms with E-state index in [0.717, 1.165) is 30.4 Å². The van der Waals surface area contributed by atoms with Crippen LogP contribution in [0.4, 0.5) is 0 Å². The quantitative estimate of drug-likeness (QED) is 0.797. The van der Waals surface area contributed by atoms with Crippen molar-refractivity contribution in [3.8, 4) is 0 Å². The van der Waals surface area contributed by atoms with Crippen LogP contribution in [0.2, 0.25) is 0 Å². The second kappa shape index (κ2) is 6.68. The molecule has 0 unspecified atom stereocenters. The number of ether oxygens (including phenoxy) is 2. The van der Waals surface area contributed by atoms with Crippen molar-refractivity contribution in [1.29, 1.82) is 0 Å². The number of fused-ring (bicyclic) bond motifs is 1. The first-order valence-corrected chi connectivity index (χ1v) is 9.85. The molecule has 1 amide bonds. The number of hydrogen-bond donors (Lipinski definition) is 1. The molecule has 1 aromatic rings.